The van der Waals surface area contributed by atoms with Gasteiger partial charge in [0, 0.05) is 170 Å². The molecule has 14 heterocycles. The van der Waals surface area contributed by atoms with Gasteiger partial charge in [-0.05, 0) is 279 Å². The highest BCUT2D eigenvalue weighted by Gasteiger charge is 2.26. The smallest absolute Gasteiger partial charge is 0.227 e. The number of furan rings is 4. The van der Waals surface area contributed by atoms with Crippen LogP contribution in [-0.2, 0) is 0 Å². The van der Waals surface area contributed by atoms with Crippen LogP contribution in [0.15, 0.2) is 455 Å². The van der Waals surface area contributed by atoms with Gasteiger partial charge in [-0.1, -0.05) is 249 Å². The Bertz CT molecular complexity index is 8900. The van der Waals surface area contributed by atoms with Crippen LogP contribution < -0.4 is 0 Å². The molecule has 0 unspecified atom stereocenters. The quantitative estimate of drug-likeness (QED) is 0.0791. The van der Waals surface area contributed by atoms with E-state index < -0.39 is 0 Å². The number of pyridine rings is 10. The predicted octanol–water partition coefficient (Wildman–Crippen LogP) is 34.5. The molecule has 0 saturated heterocycles. The van der Waals surface area contributed by atoms with Crippen molar-refractivity contribution >= 4 is 88.3 Å². The van der Waals surface area contributed by atoms with Crippen LogP contribution in [0.3, 0.4) is 0 Å². The first-order valence-corrected chi connectivity index (χ1v) is 48.9. The molecule has 0 atom stereocenters. The lowest BCUT2D eigenvalue weighted by atomic mass is 9.86. The predicted molar refractivity (Wildman–Crippen MR) is 590 cm³/mol. The van der Waals surface area contributed by atoms with E-state index in [9.17, 15) is 0 Å². The van der Waals surface area contributed by atoms with Gasteiger partial charge in [-0.2, -0.15) is 0 Å². The Morgan fingerprint density at radius 3 is 0.514 bits per heavy atom. The number of benzene rings is 13. The summed E-state index contributed by atoms with van der Waals surface area (Å²) in [4.78, 5) is 50.3. The summed E-state index contributed by atoms with van der Waals surface area (Å²) in [6.45, 7) is 7.92. The first-order valence-electron chi connectivity index (χ1n) is 48.9. The summed E-state index contributed by atoms with van der Waals surface area (Å²) in [5, 5.41) is 7.91. The van der Waals surface area contributed by atoms with E-state index in [1.165, 1.54) is 0 Å². The van der Waals surface area contributed by atoms with E-state index in [-0.39, 0.29) is 0 Å². The Balaban J connectivity index is 0.514. The van der Waals surface area contributed by atoms with E-state index in [1.54, 1.807) is 0 Å². The second-order valence-electron chi connectivity index (χ2n) is 37.4. The molecule has 0 radical (unpaired) electrons. The zero-order chi connectivity index (χ0) is 97.1. The summed E-state index contributed by atoms with van der Waals surface area (Å²) in [6.07, 6.45) is 11.9. The summed E-state index contributed by atoms with van der Waals surface area (Å²) in [7, 11) is 0. The van der Waals surface area contributed by atoms with Crippen molar-refractivity contribution in [1.82, 2.24) is 49.8 Å². The molecule has 0 N–H and O–H groups in total. The third-order valence-corrected chi connectivity index (χ3v) is 28.3. The average Bonchev–Trinajstić information content (AvgIpc) is 1.55. The molecule has 0 fully saturated rings. The molecule has 0 bridgehead atoms. The van der Waals surface area contributed by atoms with Crippen molar-refractivity contribution in [2.75, 3.05) is 0 Å². The minimum atomic E-state index is 0.615. The van der Waals surface area contributed by atoms with Crippen molar-refractivity contribution in [2.45, 2.75) is 27.7 Å². The van der Waals surface area contributed by atoms with Gasteiger partial charge in [-0.3, -0.25) is 29.9 Å². The van der Waals surface area contributed by atoms with E-state index in [1.807, 2.05) is 89.1 Å². The molecular formula is C132H84N10O4. The van der Waals surface area contributed by atoms with E-state index in [2.05, 4.69) is 376 Å². The van der Waals surface area contributed by atoms with Crippen LogP contribution >= 0.6 is 0 Å². The molecule has 146 heavy (non-hydrogen) atoms. The van der Waals surface area contributed by atoms with Crippen LogP contribution in [0.1, 0.15) is 22.8 Å². The Morgan fingerprint density at radius 2 is 0.315 bits per heavy atom. The van der Waals surface area contributed by atoms with Gasteiger partial charge in [0.25, 0.3) is 0 Å². The fraction of sp³-hybridized carbons (Fsp3) is 0.0303. The molecule has 27 rings (SSSR count). The Labute approximate surface area is 839 Å². The Kier molecular flexibility index (Phi) is 20.8. The zero-order valence-corrected chi connectivity index (χ0v) is 79.7. The second-order valence-corrected chi connectivity index (χ2v) is 37.4. The van der Waals surface area contributed by atoms with Gasteiger partial charge in [0.2, 0.25) is 22.9 Å². The van der Waals surface area contributed by atoms with Crippen LogP contribution in [0.25, 0.3) is 289 Å². The third-order valence-electron chi connectivity index (χ3n) is 28.3. The van der Waals surface area contributed by atoms with Crippen molar-refractivity contribution in [2.24, 2.45) is 0 Å². The van der Waals surface area contributed by atoms with E-state index >= 15 is 0 Å². The lowest BCUT2D eigenvalue weighted by molar-refractivity contribution is 0.653. The van der Waals surface area contributed by atoms with Crippen LogP contribution in [0.2, 0.25) is 0 Å². The number of hydrogen-bond donors (Lipinski definition) is 0. The number of para-hydroxylation sites is 4. The maximum Gasteiger partial charge on any atom is 0.227 e. The third kappa shape index (κ3) is 15.3. The minimum absolute atomic E-state index is 0.615. The first-order chi connectivity index (χ1) is 71.9. The Hall–Kier alpha value is -19.4. The summed E-state index contributed by atoms with van der Waals surface area (Å²) in [5.74, 6) is 0. The summed E-state index contributed by atoms with van der Waals surface area (Å²) in [5.41, 5.74) is 44.0. The molecule has 0 saturated carbocycles. The van der Waals surface area contributed by atoms with Crippen LogP contribution in [-0.4, -0.2) is 49.8 Å². The van der Waals surface area contributed by atoms with Crippen molar-refractivity contribution in [3.8, 4) is 201 Å². The molecule has 14 heteroatoms. The summed E-state index contributed by atoms with van der Waals surface area (Å²) >= 11 is 0. The second kappa shape index (κ2) is 35.4. The van der Waals surface area contributed by atoms with Gasteiger partial charge in [0.05, 0.1) is 34.2 Å². The summed E-state index contributed by atoms with van der Waals surface area (Å²) < 4.78 is 26.0. The van der Waals surface area contributed by atoms with Crippen LogP contribution in [0.5, 0.6) is 0 Å². The van der Waals surface area contributed by atoms with Crippen LogP contribution in [0.4, 0.5) is 0 Å². The number of hydrogen-bond acceptors (Lipinski definition) is 14. The molecule has 0 spiro atoms. The maximum atomic E-state index is 6.49. The molecule has 686 valence electrons. The highest BCUT2D eigenvalue weighted by Crippen LogP contribution is 2.49. The van der Waals surface area contributed by atoms with Gasteiger partial charge < -0.3 is 17.7 Å². The fourth-order valence-corrected chi connectivity index (χ4v) is 21.1. The van der Waals surface area contributed by atoms with Gasteiger partial charge in [-0.15, -0.1) is 0 Å². The van der Waals surface area contributed by atoms with Gasteiger partial charge in [0.1, 0.15) is 22.3 Å². The SMILES string of the molecule is Cc1ccc2c(n1)oc1c(-c3ccc(-c4ccccc4-c4cc(-c5ccccc5-c5ccc(-c6cccc(-c7ccc(-c8ccccc8-c8cc(-c9ccccc9-c9ccc(-c%10cccc%11c%10oc%10nc(C)ccc%10%11)nc9)cc(-c9ccccc9-c9ccc(-c%10cccc%11c%10oc%10nc(C)ccc%10%11)nc9)c8)cn7)c6)nc5)cc(-c5ccccc5-c5ccc(-c6cccc7c6oc6nc(C)ccc67)nc5)c4)cn3)cccc12. The lowest BCUT2D eigenvalue weighted by Crippen LogP contribution is -1.93. The monoisotopic (exact) mass is 1870 g/mol. The molecular weight excluding hydrogens is 1790 g/mol. The van der Waals surface area contributed by atoms with Crippen LogP contribution in [0, 0.1) is 27.7 Å². The molecule has 13 aromatic carbocycles. The lowest BCUT2D eigenvalue weighted by Gasteiger charge is -2.18. The highest BCUT2D eigenvalue weighted by molar-refractivity contribution is 6.13. The number of aryl methyl sites for hydroxylation is 4. The maximum absolute atomic E-state index is 6.49. The van der Waals surface area contributed by atoms with E-state index in [0.717, 1.165) is 289 Å². The fourth-order valence-electron chi connectivity index (χ4n) is 21.1. The molecule has 0 amide bonds. The standard InChI is InChI=1S/C132H84N10O4/c1-77-44-54-111-107-36-18-40-115(125(107)143-129(111)139-77)121-60-50-85(73-135-121)97-26-7-13-32-103(97)91-65-89(66-92(69-91)104-33-14-8-27-98(104)86-51-61-122(136-74-86)116-41-19-37-108-112-55-45-78(2)140-130(112)144-126(108)116)101-30-11-5-24-95(101)83-48-58-119(133-71-83)81-22-17-23-82(64-81)120-59-49-84(72-134-120)96-25-6-12-31-102(96)90-67-93(105-34-15-9-28-99(105)87-52-62-123(137-75-87)117-42-20-38-109-113-56-46-79(3)141-131(113)145-127(109)117)70-94(68-90)106-35-16-10-29-100(106)88-53-63-124(138-76-88)118-43-21-39-110-114-57-47-80(4)142-132(114)146-128(110)118/h5-76H,1-4H3. The Morgan fingerprint density at radius 1 is 0.137 bits per heavy atom. The van der Waals surface area contributed by atoms with Crippen molar-refractivity contribution in [3.05, 3.63) is 460 Å². The van der Waals surface area contributed by atoms with Crippen molar-refractivity contribution in [1.29, 1.82) is 0 Å². The number of rotatable bonds is 18. The van der Waals surface area contributed by atoms with Crippen molar-refractivity contribution < 1.29 is 17.7 Å². The molecule has 0 aliphatic rings. The minimum Gasteiger partial charge on any atom is -0.437 e. The normalized spacial score (nSPS) is 11.7. The molecule has 0 aliphatic carbocycles. The largest absolute Gasteiger partial charge is 0.437 e. The number of aromatic nitrogens is 10. The van der Waals surface area contributed by atoms with Crippen molar-refractivity contribution in [3.63, 3.8) is 0 Å². The molecule has 14 nitrogen and oxygen atoms in total. The van der Waals surface area contributed by atoms with Gasteiger partial charge in [0.15, 0.2) is 0 Å². The zero-order valence-electron chi connectivity index (χ0n) is 79.7. The topological polar surface area (TPSA) is 181 Å². The average molecular weight is 1870 g/mol. The van der Waals surface area contributed by atoms with Gasteiger partial charge >= 0.3 is 0 Å². The number of nitrogens with zero attached hydrogens (tertiary/aromatic N) is 10. The van der Waals surface area contributed by atoms with E-state index in [0.29, 0.717) is 22.9 Å². The molecule has 27 aromatic rings. The highest BCUT2D eigenvalue weighted by atomic mass is 16.4. The van der Waals surface area contributed by atoms with Gasteiger partial charge in [-0.25, -0.2) is 19.9 Å². The first kappa shape index (κ1) is 85.7. The van der Waals surface area contributed by atoms with E-state index in [4.69, 9.17) is 67.5 Å². The summed E-state index contributed by atoms with van der Waals surface area (Å²) in [6, 6.07) is 141. The number of fused-ring (bicyclic) bond motifs is 12. The molecule has 14 aromatic heterocycles. The molecule has 0 aliphatic heterocycles.